The molecule has 0 bridgehead atoms. The van der Waals surface area contributed by atoms with Crippen LogP contribution in [0.4, 0.5) is 5.69 Å². The molecule has 5 nitrogen and oxygen atoms in total. The SMILES string of the molecule is O=Cc1ccc(-c2cncc(Cl)c2N2CCC3(CCNC3=O)CC2)s1. The number of rotatable bonds is 3. The van der Waals surface area contributed by atoms with Gasteiger partial charge in [-0.05, 0) is 31.4 Å². The third kappa shape index (κ3) is 2.83. The zero-order valence-electron chi connectivity index (χ0n) is 13.6. The third-order valence-corrected chi connectivity index (χ3v) is 6.61. The van der Waals surface area contributed by atoms with Crippen LogP contribution >= 0.6 is 22.9 Å². The molecular weight excluding hydrogens is 358 g/mol. The number of thiophene rings is 1. The monoisotopic (exact) mass is 375 g/mol. The summed E-state index contributed by atoms with van der Waals surface area (Å²) < 4.78 is 0. The van der Waals surface area contributed by atoms with Crippen molar-refractivity contribution in [3.05, 3.63) is 34.4 Å². The predicted octanol–water partition coefficient (Wildman–Crippen LogP) is 3.38. The number of nitrogens with one attached hydrogen (secondary N) is 1. The summed E-state index contributed by atoms with van der Waals surface area (Å²) in [5.74, 6) is 0.196. The predicted molar refractivity (Wildman–Crippen MR) is 99.5 cm³/mol. The number of aromatic nitrogens is 1. The number of halogens is 1. The summed E-state index contributed by atoms with van der Waals surface area (Å²) in [6.07, 6.45) is 6.90. The standard InChI is InChI=1S/C18H18ClN3O2S/c19-14-10-20-9-13(15-2-1-12(11-23)25-15)16(14)22-7-4-18(5-8-22)3-6-21-17(18)24/h1-2,9-11H,3-8H2,(H,21,24). The smallest absolute Gasteiger partial charge is 0.226 e. The van der Waals surface area contributed by atoms with Crippen molar-refractivity contribution in [1.29, 1.82) is 0 Å². The third-order valence-electron chi connectivity index (χ3n) is 5.29. The van der Waals surface area contributed by atoms with E-state index in [0.29, 0.717) is 9.90 Å². The van der Waals surface area contributed by atoms with Gasteiger partial charge in [-0.3, -0.25) is 14.6 Å². The molecule has 0 aromatic carbocycles. The van der Waals surface area contributed by atoms with Crippen LogP contribution in [-0.2, 0) is 4.79 Å². The van der Waals surface area contributed by atoms with Crippen molar-refractivity contribution in [3.63, 3.8) is 0 Å². The average Bonchev–Trinajstić information content (AvgIpc) is 3.24. The first kappa shape index (κ1) is 16.5. The highest BCUT2D eigenvalue weighted by Crippen LogP contribution is 2.44. The molecule has 2 aromatic rings. The van der Waals surface area contributed by atoms with Gasteiger partial charge in [0.05, 0.1) is 21.0 Å². The first-order valence-corrected chi connectivity index (χ1v) is 9.54. The van der Waals surface area contributed by atoms with Crippen LogP contribution in [0.25, 0.3) is 10.4 Å². The summed E-state index contributed by atoms with van der Waals surface area (Å²) in [6.45, 7) is 2.36. The van der Waals surface area contributed by atoms with Crippen LogP contribution in [0.2, 0.25) is 5.02 Å². The van der Waals surface area contributed by atoms with Crippen molar-refractivity contribution in [2.24, 2.45) is 5.41 Å². The Morgan fingerprint density at radius 3 is 2.68 bits per heavy atom. The van der Waals surface area contributed by atoms with Gasteiger partial charge in [0.15, 0.2) is 6.29 Å². The minimum atomic E-state index is -0.205. The Morgan fingerprint density at radius 1 is 1.24 bits per heavy atom. The average molecular weight is 376 g/mol. The number of piperidine rings is 1. The number of carbonyl (C=O) groups is 2. The van der Waals surface area contributed by atoms with E-state index in [9.17, 15) is 9.59 Å². The van der Waals surface area contributed by atoms with Crippen LogP contribution < -0.4 is 10.2 Å². The maximum atomic E-state index is 12.2. The molecule has 25 heavy (non-hydrogen) atoms. The van der Waals surface area contributed by atoms with Gasteiger partial charge in [0, 0.05) is 42.5 Å². The molecule has 2 saturated heterocycles. The molecule has 7 heteroatoms. The van der Waals surface area contributed by atoms with Gasteiger partial charge in [-0.15, -0.1) is 11.3 Å². The van der Waals surface area contributed by atoms with Crippen molar-refractivity contribution in [1.82, 2.24) is 10.3 Å². The molecular formula is C18H18ClN3O2S. The summed E-state index contributed by atoms with van der Waals surface area (Å²) >= 11 is 7.92. The number of amides is 1. The molecule has 1 N–H and O–H groups in total. The van der Waals surface area contributed by atoms with Crippen molar-refractivity contribution in [3.8, 4) is 10.4 Å². The summed E-state index contributed by atoms with van der Waals surface area (Å²) in [7, 11) is 0. The van der Waals surface area contributed by atoms with E-state index in [0.717, 1.165) is 61.3 Å². The highest BCUT2D eigenvalue weighted by atomic mass is 35.5. The van der Waals surface area contributed by atoms with Crippen LogP contribution in [0.1, 0.15) is 28.9 Å². The lowest BCUT2D eigenvalue weighted by atomic mass is 9.77. The fourth-order valence-corrected chi connectivity index (χ4v) is 4.95. The van der Waals surface area contributed by atoms with Crippen LogP contribution in [-0.4, -0.2) is 36.8 Å². The molecule has 1 amide bonds. The van der Waals surface area contributed by atoms with Gasteiger partial charge in [-0.25, -0.2) is 0 Å². The minimum Gasteiger partial charge on any atom is -0.370 e. The Kier molecular flexibility index (Phi) is 4.25. The summed E-state index contributed by atoms with van der Waals surface area (Å²) in [6, 6.07) is 3.74. The van der Waals surface area contributed by atoms with Crippen molar-refractivity contribution >= 4 is 40.8 Å². The van der Waals surface area contributed by atoms with Crippen LogP contribution in [0.15, 0.2) is 24.5 Å². The fraction of sp³-hybridized carbons (Fsp3) is 0.389. The number of hydrogen-bond acceptors (Lipinski definition) is 5. The first-order valence-electron chi connectivity index (χ1n) is 8.35. The van der Waals surface area contributed by atoms with Crippen LogP contribution in [0.3, 0.4) is 0 Å². The Labute approximate surface area is 155 Å². The molecule has 2 fully saturated rings. The summed E-state index contributed by atoms with van der Waals surface area (Å²) in [4.78, 5) is 31.3. The van der Waals surface area contributed by atoms with Crippen LogP contribution in [0, 0.1) is 5.41 Å². The number of carbonyl (C=O) groups excluding carboxylic acids is 2. The number of nitrogens with zero attached hydrogens (tertiary/aromatic N) is 2. The van der Waals surface area contributed by atoms with Crippen molar-refractivity contribution in [2.75, 3.05) is 24.5 Å². The van der Waals surface area contributed by atoms with E-state index < -0.39 is 0 Å². The Balaban J connectivity index is 1.65. The van der Waals surface area contributed by atoms with Crippen molar-refractivity contribution in [2.45, 2.75) is 19.3 Å². The second-order valence-corrected chi connectivity index (χ2v) is 8.13. The Morgan fingerprint density at radius 2 is 2.04 bits per heavy atom. The number of anilines is 1. The zero-order chi connectivity index (χ0) is 17.4. The van der Waals surface area contributed by atoms with Gasteiger partial charge in [-0.1, -0.05) is 11.6 Å². The van der Waals surface area contributed by atoms with E-state index >= 15 is 0 Å². The second kappa shape index (κ2) is 6.42. The molecule has 4 rings (SSSR count). The zero-order valence-corrected chi connectivity index (χ0v) is 15.2. The molecule has 2 aromatic heterocycles. The van der Waals surface area contributed by atoms with E-state index in [1.165, 1.54) is 11.3 Å². The lowest BCUT2D eigenvalue weighted by molar-refractivity contribution is -0.128. The Bertz CT molecular complexity index is 827. The number of hydrogen-bond donors (Lipinski definition) is 1. The normalized spacial score (nSPS) is 19.2. The van der Waals surface area contributed by atoms with Gasteiger partial charge in [0.1, 0.15) is 0 Å². The molecule has 0 atom stereocenters. The lowest BCUT2D eigenvalue weighted by Gasteiger charge is -2.39. The number of pyridine rings is 1. The molecule has 0 aliphatic carbocycles. The highest BCUT2D eigenvalue weighted by molar-refractivity contribution is 7.17. The Hall–Kier alpha value is -1.92. The maximum absolute atomic E-state index is 12.2. The fourth-order valence-electron chi connectivity index (χ4n) is 3.84. The highest BCUT2D eigenvalue weighted by Gasteiger charge is 2.44. The van der Waals surface area contributed by atoms with E-state index in [4.69, 9.17) is 11.6 Å². The molecule has 0 unspecified atom stereocenters. The van der Waals surface area contributed by atoms with Gasteiger partial charge in [0.2, 0.25) is 5.91 Å². The molecule has 0 radical (unpaired) electrons. The lowest BCUT2D eigenvalue weighted by Crippen LogP contribution is -2.44. The van der Waals surface area contributed by atoms with E-state index in [-0.39, 0.29) is 11.3 Å². The van der Waals surface area contributed by atoms with Gasteiger partial charge in [-0.2, -0.15) is 0 Å². The minimum absolute atomic E-state index is 0.196. The van der Waals surface area contributed by atoms with E-state index in [2.05, 4.69) is 15.2 Å². The molecule has 4 heterocycles. The molecule has 1 spiro atoms. The first-order chi connectivity index (χ1) is 12.1. The quantitative estimate of drug-likeness (QED) is 0.835. The van der Waals surface area contributed by atoms with Gasteiger partial charge < -0.3 is 10.2 Å². The molecule has 2 aliphatic heterocycles. The van der Waals surface area contributed by atoms with Crippen molar-refractivity contribution < 1.29 is 9.59 Å². The van der Waals surface area contributed by atoms with E-state index in [1.54, 1.807) is 12.4 Å². The van der Waals surface area contributed by atoms with E-state index in [1.807, 2.05) is 12.1 Å². The largest absolute Gasteiger partial charge is 0.370 e. The molecule has 0 saturated carbocycles. The van der Waals surface area contributed by atoms with Gasteiger partial charge >= 0.3 is 0 Å². The second-order valence-electron chi connectivity index (χ2n) is 6.61. The summed E-state index contributed by atoms with van der Waals surface area (Å²) in [5.41, 5.74) is 1.69. The topological polar surface area (TPSA) is 62.3 Å². The summed E-state index contributed by atoms with van der Waals surface area (Å²) in [5, 5.41) is 3.57. The number of aldehydes is 1. The van der Waals surface area contributed by atoms with Gasteiger partial charge in [0.25, 0.3) is 0 Å². The maximum Gasteiger partial charge on any atom is 0.226 e. The molecule has 130 valence electrons. The molecule has 2 aliphatic rings. The van der Waals surface area contributed by atoms with Crippen LogP contribution in [0.5, 0.6) is 0 Å².